The summed E-state index contributed by atoms with van der Waals surface area (Å²) in [6.45, 7) is 15.9. The molecule has 0 bridgehead atoms. The average molecular weight is 327 g/mol. The van der Waals surface area contributed by atoms with Crippen molar-refractivity contribution in [1.82, 2.24) is 0 Å². The SMILES string of the molecule is C=C(C(=O)OC)C(CO[Si](C)(C)C(C)(C)C)C1CCCCC1. The Morgan fingerprint density at radius 2 is 1.77 bits per heavy atom. The second-order valence-corrected chi connectivity index (χ2v) is 12.9. The van der Waals surface area contributed by atoms with E-state index in [2.05, 4.69) is 40.4 Å². The highest BCUT2D eigenvalue weighted by atomic mass is 28.4. The van der Waals surface area contributed by atoms with Crippen LogP contribution in [0.4, 0.5) is 0 Å². The molecule has 0 N–H and O–H groups in total. The van der Waals surface area contributed by atoms with Gasteiger partial charge in [-0.2, -0.15) is 0 Å². The van der Waals surface area contributed by atoms with Gasteiger partial charge in [0.15, 0.2) is 8.32 Å². The normalized spacial score (nSPS) is 18.8. The largest absolute Gasteiger partial charge is 0.466 e. The van der Waals surface area contributed by atoms with Gasteiger partial charge in [-0.15, -0.1) is 0 Å². The van der Waals surface area contributed by atoms with Crippen molar-refractivity contribution in [2.75, 3.05) is 13.7 Å². The number of rotatable bonds is 6. The fourth-order valence-corrected chi connectivity index (χ4v) is 3.88. The van der Waals surface area contributed by atoms with Crippen molar-refractivity contribution in [3.05, 3.63) is 12.2 Å². The third kappa shape index (κ3) is 4.95. The zero-order valence-corrected chi connectivity index (χ0v) is 16.3. The van der Waals surface area contributed by atoms with Crippen LogP contribution in [0.3, 0.4) is 0 Å². The Kier molecular flexibility index (Phi) is 6.87. The molecular weight excluding hydrogens is 292 g/mol. The van der Waals surface area contributed by atoms with E-state index < -0.39 is 8.32 Å². The molecule has 1 rings (SSSR count). The number of carbonyl (C=O) groups excluding carboxylic acids is 1. The highest BCUT2D eigenvalue weighted by Crippen LogP contribution is 2.39. The van der Waals surface area contributed by atoms with Crippen molar-refractivity contribution in [2.24, 2.45) is 11.8 Å². The smallest absolute Gasteiger partial charge is 0.333 e. The van der Waals surface area contributed by atoms with Gasteiger partial charge in [0.2, 0.25) is 0 Å². The molecule has 128 valence electrons. The van der Waals surface area contributed by atoms with Gasteiger partial charge in [0.25, 0.3) is 0 Å². The van der Waals surface area contributed by atoms with Gasteiger partial charge < -0.3 is 9.16 Å². The fourth-order valence-electron chi connectivity index (χ4n) is 2.85. The average Bonchev–Trinajstić information content (AvgIpc) is 2.46. The molecule has 4 heteroatoms. The van der Waals surface area contributed by atoms with E-state index >= 15 is 0 Å². The summed E-state index contributed by atoms with van der Waals surface area (Å²) in [4.78, 5) is 12.0. The van der Waals surface area contributed by atoms with Crippen molar-refractivity contribution >= 4 is 14.3 Å². The number of esters is 1. The number of ether oxygens (including phenoxy) is 1. The number of methoxy groups -OCH3 is 1. The van der Waals surface area contributed by atoms with E-state index in [1.807, 2.05) is 0 Å². The highest BCUT2D eigenvalue weighted by Gasteiger charge is 2.39. The van der Waals surface area contributed by atoms with Crippen LogP contribution in [0.5, 0.6) is 0 Å². The van der Waals surface area contributed by atoms with Gasteiger partial charge in [-0.05, 0) is 36.9 Å². The lowest BCUT2D eigenvalue weighted by molar-refractivity contribution is -0.137. The molecule has 1 aliphatic rings. The summed E-state index contributed by atoms with van der Waals surface area (Å²) in [5, 5.41) is 0.177. The minimum absolute atomic E-state index is 0.0990. The summed E-state index contributed by atoms with van der Waals surface area (Å²) < 4.78 is 11.3. The Morgan fingerprint density at radius 1 is 1.23 bits per heavy atom. The summed E-state index contributed by atoms with van der Waals surface area (Å²) in [5.74, 6) is 0.321. The molecule has 0 saturated heterocycles. The first-order valence-electron chi connectivity index (χ1n) is 8.51. The number of carbonyl (C=O) groups is 1. The molecule has 0 amide bonds. The van der Waals surface area contributed by atoms with Gasteiger partial charge in [0.1, 0.15) is 0 Å². The lowest BCUT2D eigenvalue weighted by Crippen LogP contribution is -2.43. The molecule has 1 atom stereocenters. The quantitative estimate of drug-likeness (QED) is 0.394. The van der Waals surface area contributed by atoms with Gasteiger partial charge in [0.05, 0.1) is 7.11 Å². The second-order valence-electron chi connectivity index (χ2n) is 8.09. The molecule has 1 unspecified atom stereocenters. The molecule has 1 aliphatic carbocycles. The minimum Gasteiger partial charge on any atom is -0.466 e. The summed E-state index contributed by atoms with van der Waals surface area (Å²) in [6.07, 6.45) is 6.13. The van der Waals surface area contributed by atoms with Gasteiger partial charge in [-0.25, -0.2) is 4.79 Å². The molecular formula is C18H34O3Si. The Balaban J connectivity index is 2.82. The molecule has 0 aromatic rings. The Hall–Kier alpha value is -0.613. The van der Waals surface area contributed by atoms with Crippen LogP contribution in [-0.4, -0.2) is 28.0 Å². The van der Waals surface area contributed by atoms with Gasteiger partial charge in [-0.3, -0.25) is 0 Å². The van der Waals surface area contributed by atoms with Gasteiger partial charge >= 0.3 is 5.97 Å². The van der Waals surface area contributed by atoms with Crippen molar-refractivity contribution in [3.63, 3.8) is 0 Å². The minimum atomic E-state index is -1.82. The first kappa shape index (κ1) is 19.4. The molecule has 0 spiro atoms. The summed E-state index contributed by atoms with van der Waals surface area (Å²) in [6, 6.07) is 0. The first-order chi connectivity index (χ1) is 10.1. The zero-order valence-electron chi connectivity index (χ0n) is 15.3. The van der Waals surface area contributed by atoms with Crippen molar-refractivity contribution in [1.29, 1.82) is 0 Å². The second kappa shape index (κ2) is 7.78. The summed E-state index contributed by atoms with van der Waals surface area (Å²) in [7, 11) is -0.385. The third-order valence-electron chi connectivity index (χ3n) is 5.54. The van der Waals surface area contributed by atoms with E-state index in [1.54, 1.807) is 0 Å². The maximum atomic E-state index is 12.0. The molecule has 1 saturated carbocycles. The molecule has 22 heavy (non-hydrogen) atoms. The van der Waals surface area contributed by atoms with E-state index in [4.69, 9.17) is 9.16 Å². The lowest BCUT2D eigenvalue weighted by atomic mass is 9.77. The van der Waals surface area contributed by atoms with Crippen molar-refractivity contribution in [2.45, 2.75) is 71.0 Å². The number of hydrogen-bond donors (Lipinski definition) is 0. The van der Waals surface area contributed by atoms with E-state index in [0.29, 0.717) is 18.1 Å². The third-order valence-corrected chi connectivity index (χ3v) is 10.0. The van der Waals surface area contributed by atoms with E-state index in [-0.39, 0.29) is 16.9 Å². The maximum Gasteiger partial charge on any atom is 0.333 e. The van der Waals surface area contributed by atoms with Crippen LogP contribution in [0.25, 0.3) is 0 Å². The topological polar surface area (TPSA) is 35.5 Å². The van der Waals surface area contributed by atoms with E-state index in [0.717, 1.165) is 0 Å². The number of hydrogen-bond acceptors (Lipinski definition) is 3. The van der Waals surface area contributed by atoms with Crippen molar-refractivity contribution < 1.29 is 14.0 Å². The molecule has 0 aromatic heterocycles. The van der Waals surface area contributed by atoms with Crippen molar-refractivity contribution in [3.8, 4) is 0 Å². The Labute approximate surface area is 137 Å². The molecule has 0 aliphatic heterocycles. The molecule has 0 aromatic carbocycles. The lowest BCUT2D eigenvalue weighted by Gasteiger charge is -2.39. The zero-order chi connectivity index (χ0) is 17.0. The standard InChI is InChI=1S/C18H34O3Si/c1-14(17(19)20-5)16(15-11-9-8-10-12-15)13-21-22(6,7)18(2,3)4/h15-16H,1,8-13H2,2-7H3. The fraction of sp³-hybridized carbons (Fsp3) is 0.833. The monoisotopic (exact) mass is 326 g/mol. The summed E-state index contributed by atoms with van der Waals surface area (Å²) >= 11 is 0. The predicted octanol–water partition coefficient (Wildman–Crippen LogP) is 4.93. The Morgan fingerprint density at radius 3 is 2.23 bits per heavy atom. The molecule has 3 nitrogen and oxygen atoms in total. The predicted molar refractivity (Wildman–Crippen MR) is 94.4 cm³/mol. The van der Waals surface area contributed by atoms with Crippen LogP contribution in [0.15, 0.2) is 12.2 Å². The molecule has 0 radical (unpaired) electrons. The van der Waals surface area contributed by atoms with Crippen LogP contribution >= 0.6 is 0 Å². The van der Waals surface area contributed by atoms with E-state index in [1.165, 1.54) is 39.2 Å². The van der Waals surface area contributed by atoms with Crippen LogP contribution in [0.2, 0.25) is 18.1 Å². The van der Waals surface area contributed by atoms with Crippen LogP contribution < -0.4 is 0 Å². The molecule has 0 heterocycles. The molecule has 1 fully saturated rings. The highest BCUT2D eigenvalue weighted by molar-refractivity contribution is 6.74. The maximum absolute atomic E-state index is 12.0. The van der Waals surface area contributed by atoms with Gasteiger partial charge in [-0.1, -0.05) is 46.6 Å². The van der Waals surface area contributed by atoms with Crippen LogP contribution in [0.1, 0.15) is 52.9 Å². The summed E-state index contributed by atoms with van der Waals surface area (Å²) in [5.41, 5.74) is 0.591. The first-order valence-corrected chi connectivity index (χ1v) is 11.4. The van der Waals surface area contributed by atoms with Gasteiger partial charge in [0, 0.05) is 18.1 Å². The van der Waals surface area contributed by atoms with Crippen LogP contribution in [-0.2, 0) is 14.0 Å². The Bertz CT molecular complexity index is 390. The van der Waals surface area contributed by atoms with E-state index in [9.17, 15) is 4.79 Å². The van der Waals surface area contributed by atoms with Crippen LogP contribution in [0, 0.1) is 11.8 Å².